The molecule has 4 rings (SSSR count). The number of quaternary nitrogens is 1. The third-order valence-corrected chi connectivity index (χ3v) is 15.6. The Kier molecular flexibility index (Phi) is 18.6. The number of rotatable bonds is 26. The predicted molar refractivity (Wildman–Crippen MR) is 224 cm³/mol. The molecule has 4 aliphatic carbocycles. The van der Waals surface area contributed by atoms with Crippen molar-refractivity contribution < 1.29 is 23.6 Å². The molecule has 1 amide bonds. The summed E-state index contributed by atoms with van der Waals surface area (Å²) in [6.45, 7) is 15.6. The van der Waals surface area contributed by atoms with Gasteiger partial charge in [-0.15, -0.1) is 0 Å². The molecule has 6 nitrogen and oxygen atoms in total. The van der Waals surface area contributed by atoms with E-state index >= 15 is 0 Å². The number of likely N-dealkylation sites (N-methyl/N-ethyl adjacent to an activating group) is 1. The van der Waals surface area contributed by atoms with E-state index in [-0.39, 0.29) is 41.7 Å². The van der Waals surface area contributed by atoms with Crippen molar-refractivity contribution in [3.8, 4) is 0 Å². The Hall–Kier alpha value is -1.69. The highest BCUT2D eigenvalue weighted by Gasteiger charge is 2.60. The van der Waals surface area contributed by atoms with Crippen LogP contribution in [0.1, 0.15) is 202 Å². The summed E-state index contributed by atoms with van der Waals surface area (Å²) >= 11 is 0. The lowest BCUT2D eigenvalue weighted by Crippen LogP contribution is -2.51. The van der Waals surface area contributed by atoms with Crippen LogP contribution in [0.5, 0.6) is 0 Å². The first-order chi connectivity index (χ1) is 26.0. The molecule has 310 valence electrons. The van der Waals surface area contributed by atoms with Gasteiger partial charge in [0.05, 0.1) is 39.6 Å². The second-order valence-corrected chi connectivity index (χ2v) is 19.5. The van der Waals surface area contributed by atoms with Crippen LogP contribution in [0.15, 0.2) is 11.6 Å². The van der Waals surface area contributed by atoms with Crippen molar-refractivity contribution in [1.29, 1.82) is 0 Å². The monoisotopic (exact) mass is 754 g/mol. The number of unbranched alkanes of at least 4 members (excludes halogenated alkanes) is 14. The van der Waals surface area contributed by atoms with Crippen molar-refractivity contribution in [2.75, 3.05) is 33.2 Å². The number of carbonyl (C=O) groups is 3. The van der Waals surface area contributed by atoms with Gasteiger partial charge in [-0.25, -0.2) is 0 Å². The molecule has 0 radical (unpaired) electrons. The smallest absolute Gasteiger partial charge is 0.306 e. The number of esters is 1. The molecule has 0 aliphatic heterocycles. The molecule has 0 spiro atoms. The number of nitrogens with one attached hydrogen (secondary N) is 1. The number of amides is 1. The maximum atomic E-state index is 13.1. The fraction of sp³-hybridized carbons (Fsp3) is 0.896. The first-order valence-corrected chi connectivity index (χ1v) is 23.5. The molecule has 4 aliphatic rings. The maximum Gasteiger partial charge on any atom is 0.306 e. The molecule has 0 aromatic carbocycles. The molecule has 3 fully saturated rings. The summed E-state index contributed by atoms with van der Waals surface area (Å²) in [7, 11) is 2.40. The third kappa shape index (κ3) is 12.7. The number of hydrogen-bond acceptors (Lipinski definition) is 4. The lowest BCUT2D eigenvalue weighted by atomic mass is 9.46. The Bertz CT molecular complexity index is 1180. The molecule has 0 aromatic rings. The summed E-state index contributed by atoms with van der Waals surface area (Å²) in [5, 5.41) is 3.17. The van der Waals surface area contributed by atoms with Gasteiger partial charge in [-0.3, -0.25) is 14.4 Å². The number of hydrogen-bond donors (Lipinski definition) is 1. The van der Waals surface area contributed by atoms with Crippen LogP contribution in [-0.2, 0) is 19.1 Å². The number of fused-ring (bicyclic) bond motifs is 5. The number of ether oxygens (including phenoxy) is 1. The Morgan fingerprint density at radius 1 is 0.759 bits per heavy atom. The topological polar surface area (TPSA) is 72.5 Å². The molecule has 3 saturated carbocycles. The molecule has 7 atom stereocenters. The first-order valence-electron chi connectivity index (χ1n) is 23.5. The van der Waals surface area contributed by atoms with Crippen LogP contribution < -0.4 is 5.32 Å². The zero-order valence-electron chi connectivity index (χ0n) is 36.3. The van der Waals surface area contributed by atoms with Gasteiger partial charge in [-0.05, 0) is 112 Å². The van der Waals surface area contributed by atoms with Crippen molar-refractivity contribution in [3.05, 3.63) is 11.6 Å². The normalized spacial score (nSPS) is 28.5. The van der Waals surface area contributed by atoms with Crippen molar-refractivity contribution in [2.24, 2.45) is 34.5 Å². The zero-order valence-corrected chi connectivity index (χ0v) is 36.3. The molecule has 1 N–H and O–H groups in total. The lowest BCUT2D eigenvalue weighted by Gasteiger charge is -2.58. The highest BCUT2D eigenvalue weighted by molar-refractivity contribution is 5.91. The molecule has 0 heterocycles. The second-order valence-electron chi connectivity index (χ2n) is 19.5. The van der Waals surface area contributed by atoms with Gasteiger partial charge in [-0.2, -0.15) is 0 Å². The first kappa shape index (κ1) is 45.0. The largest absolute Gasteiger partial charge is 0.462 e. The van der Waals surface area contributed by atoms with Crippen LogP contribution >= 0.6 is 0 Å². The second kappa shape index (κ2) is 22.3. The van der Waals surface area contributed by atoms with Gasteiger partial charge < -0.3 is 14.5 Å². The van der Waals surface area contributed by atoms with E-state index in [9.17, 15) is 14.4 Å². The Balaban J connectivity index is 1.17. The highest BCUT2D eigenvalue weighted by atomic mass is 16.5. The van der Waals surface area contributed by atoms with Crippen molar-refractivity contribution in [3.63, 3.8) is 0 Å². The minimum atomic E-state index is -0.227. The van der Waals surface area contributed by atoms with E-state index in [0.29, 0.717) is 42.4 Å². The van der Waals surface area contributed by atoms with Gasteiger partial charge in [0, 0.05) is 18.8 Å². The SMILES string of the molecule is CCCCCCCCCC[N+](C)(CCCCCCCCCC)CCNC(=O)CCC(=O)O[C@@H](C)[C@H]1CCC2C3CCC4=CC(=O)CC[C@]4(C)C3CC[C@@]21C. The Morgan fingerprint density at radius 2 is 1.35 bits per heavy atom. The Morgan fingerprint density at radius 3 is 1.96 bits per heavy atom. The minimum Gasteiger partial charge on any atom is -0.462 e. The summed E-state index contributed by atoms with van der Waals surface area (Å²) in [4.78, 5) is 38.3. The van der Waals surface area contributed by atoms with E-state index in [4.69, 9.17) is 4.74 Å². The molecule has 3 unspecified atom stereocenters. The van der Waals surface area contributed by atoms with Crippen molar-refractivity contribution in [1.82, 2.24) is 5.32 Å². The number of carbonyl (C=O) groups excluding carboxylic acids is 3. The fourth-order valence-electron chi connectivity index (χ4n) is 12.1. The highest BCUT2D eigenvalue weighted by Crippen LogP contribution is 2.67. The Labute approximate surface area is 332 Å². The van der Waals surface area contributed by atoms with Gasteiger partial charge in [0.15, 0.2) is 5.78 Å². The molecule has 0 aromatic heterocycles. The summed E-state index contributed by atoms with van der Waals surface area (Å²) in [6, 6.07) is 0. The summed E-state index contributed by atoms with van der Waals surface area (Å²) in [6.07, 6.45) is 32.4. The molecular weight excluding hydrogens is 669 g/mol. The van der Waals surface area contributed by atoms with E-state index in [1.807, 2.05) is 6.08 Å². The average molecular weight is 754 g/mol. The standard InChI is InChI=1S/C48H84N2O4/c1-7-9-11-13-15-17-19-21-34-50(6,35-22-20-18-16-14-12-10-8-2)36-33-49-45(52)27-28-46(53)54-38(3)42-25-26-43-41-24-23-39-37-40(51)29-31-47(39,4)44(41)30-32-48(42,43)5/h37-38,41-44H,7-36H2,1-6H3/p+1/t38-,41?,42+,43?,44?,47-,48+/m0/s1. The van der Waals surface area contributed by atoms with Gasteiger partial charge in [-0.1, -0.05) is 110 Å². The summed E-state index contributed by atoms with van der Waals surface area (Å²) < 4.78 is 7.16. The minimum absolute atomic E-state index is 0.0276. The fourth-order valence-corrected chi connectivity index (χ4v) is 12.1. The van der Waals surface area contributed by atoms with E-state index in [2.05, 4.69) is 47.0 Å². The van der Waals surface area contributed by atoms with Gasteiger partial charge >= 0.3 is 5.97 Å². The van der Waals surface area contributed by atoms with Crippen molar-refractivity contribution >= 4 is 17.7 Å². The molecular formula is C48H85N2O4+. The van der Waals surface area contributed by atoms with Crippen LogP contribution in [-0.4, -0.2) is 61.5 Å². The van der Waals surface area contributed by atoms with E-state index < -0.39 is 0 Å². The van der Waals surface area contributed by atoms with E-state index in [1.165, 1.54) is 147 Å². The van der Waals surface area contributed by atoms with E-state index in [0.717, 1.165) is 30.3 Å². The molecule has 54 heavy (non-hydrogen) atoms. The number of ketones is 1. The van der Waals surface area contributed by atoms with Crippen LogP contribution in [0, 0.1) is 34.5 Å². The van der Waals surface area contributed by atoms with E-state index in [1.54, 1.807) is 0 Å². The quantitative estimate of drug-likeness (QED) is 0.0542. The van der Waals surface area contributed by atoms with Crippen molar-refractivity contribution in [2.45, 2.75) is 208 Å². The average Bonchev–Trinajstić information content (AvgIpc) is 3.51. The van der Waals surface area contributed by atoms with Gasteiger partial charge in [0.1, 0.15) is 6.10 Å². The van der Waals surface area contributed by atoms with Crippen LogP contribution in [0.3, 0.4) is 0 Å². The molecule has 0 bridgehead atoms. The zero-order chi connectivity index (χ0) is 39.0. The predicted octanol–water partition coefficient (Wildman–Crippen LogP) is 11.7. The van der Waals surface area contributed by atoms with Gasteiger partial charge in [0.2, 0.25) is 5.91 Å². The van der Waals surface area contributed by atoms with Crippen LogP contribution in [0.25, 0.3) is 0 Å². The molecule has 0 saturated heterocycles. The third-order valence-electron chi connectivity index (χ3n) is 15.6. The maximum absolute atomic E-state index is 13.1. The molecule has 6 heteroatoms. The number of allylic oxidation sites excluding steroid dienone is 1. The number of nitrogens with zero attached hydrogens (tertiary/aromatic N) is 1. The summed E-state index contributed by atoms with van der Waals surface area (Å²) in [5.41, 5.74) is 1.80. The lowest BCUT2D eigenvalue weighted by molar-refractivity contribution is -0.908. The summed E-state index contributed by atoms with van der Waals surface area (Å²) in [5.74, 6) is 2.49. The van der Waals surface area contributed by atoms with Gasteiger partial charge in [0.25, 0.3) is 0 Å². The van der Waals surface area contributed by atoms with Crippen LogP contribution in [0.4, 0.5) is 0 Å². The van der Waals surface area contributed by atoms with Crippen LogP contribution in [0.2, 0.25) is 0 Å².